The molecule has 1 N–H and O–H groups in total. The van der Waals surface area contributed by atoms with Crippen molar-refractivity contribution >= 4 is 17.7 Å². The second kappa shape index (κ2) is 11.2. The molecule has 0 aliphatic carbocycles. The van der Waals surface area contributed by atoms with Crippen LogP contribution < -0.4 is 4.90 Å². The number of nitrogens with zero attached hydrogens (tertiary/aromatic N) is 4. The number of carbonyl (C=O) groups is 2. The molecular weight excluding hydrogens is 427 g/mol. The van der Waals surface area contributed by atoms with Gasteiger partial charge in [0.05, 0.1) is 13.2 Å². The fraction of sp³-hybridized carbons (Fsp3) is 0.667. The highest BCUT2D eigenvalue weighted by Crippen LogP contribution is 2.30. The lowest BCUT2D eigenvalue weighted by Crippen LogP contribution is -2.53. The van der Waals surface area contributed by atoms with Crippen LogP contribution in [0.3, 0.4) is 0 Å². The van der Waals surface area contributed by atoms with Crippen LogP contribution in [-0.2, 0) is 9.53 Å². The molecule has 3 aliphatic heterocycles. The van der Waals surface area contributed by atoms with Crippen molar-refractivity contribution in [3.8, 4) is 0 Å². The minimum atomic E-state index is -0.758. The Balaban J connectivity index is 1.29. The molecule has 182 valence electrons. The lowest BCUT2D eigenvalue weighted by atomic mass is 9.81. The molecule has 0 spiro atoms. The SMILES string of the molecule is O=C(O)CC1CCN(C(=O)N2CCOCC2)CC1CCN1CCN(c2ccc(F)cc2)CC1. The van der Waals surface area contributed by atoms with Crippen LogP contribution in [0.15, 0.2) is 24.3 Å². The minimum absolute atomic E-state index is 0.0602. The minimum Gasteiger partial charge on any atom is -0.481 e. The third-order valence-corrected chi connectivity index (χ3v) is 7.26. The van der Waals surface area contributed by atoms with E-state index >= 15 is 0 Å². The predicted octanol–water partition coefficient (Wildman–Crippen LogP) is 2.20. The smallest absolute Gasteiger partial charge is 0.320 e. The van der Waals surface area contributed by atoms with Gasteiger partial charge in [0.15, 0.2) is 0 Å². The number of rotatable bonds is 6. The Morgan fingerprint density at radius 2 is 1.64 bits per heavy atom. The zero-order valence-electron chi connectivity index (χ0n) is 19.2. The molecule has 3 aliphatic rings. The van der Waals surface area contributed by atoms with E-state index in [9.17, 15) is 19.1 Å². The number of carbonyl (C=O) groups excluding carboxylic acids is 1. The second-order valence-corrected chi connectivity index (χ2v) is 9.33. The summed E-state index contributed by atoms with van der Waals surface area (Å²) in [7, 11) is 0. The maximum atomic E-state index is 13.2. The van der Waals surface area contributed by atoms with Crippen molar-refractivity contribution in [2.75, 3.05) is 77.0 Å². The van der Waals surface area contributed by atoms with Gasteiger partial charge >= 0.3 is 12.0 Å². The van der Waals surface area contributed by atoms with Gasteiger partial charge in [0.1, 0.15) is 5.82 Å². The third-order valence-electron chi connectivity index (χ3n) is 7.26. The van der Waals surface area contributed by atoms with E-state index in [2.05, 4.69) is 9.80 Å². The zero-order valence-corrected chi connectivity index (χ0v) is 19.2. The number of hydrogen-bond donors (Lipinski definition) is 1. The number of hydrogen-bond acceptors (Lipinski definition) is 5. The maximum absolute atomic E-state index is 13.2. The molecule has 3 heterocycles. The number of amides is 2. The van der Waals surface area contributed by atoms with Gasteiger partial charge in [-0.05, 0) is 55.5 Å². The first-order chi connectivity index (χ1) is 16.0. The standard InChI is InChI=1S/C24H35FN4O4/c25-21-1-3-22(4-2-21)27-11-9-26(10-12-27)7-5-20-18-29(8-6-19(20)17-23(30)31)24(32)28-13-15-33-16-14-28/h1-4,19-20H,5-18H2,(H,30,31). The van der Waals surface area contributed by atoms with Gasteiger partial charge in [-0.1, -0.05) is 0 Å². The summed E-state index contributed by atoms with van der Waals surface area (Å²) >= 11 is 0. The van der Waals surface area contributed by atoms with Gasteiger partial charge in [0, 0.05) is 64.5 Å². The van der Waals surface area contributed by atoms with Gasteiger partial charge in [-0.25, -0.2) is 9.18 Å². The Morgan fingerprint density at radius 1 is 0.939 bits per heavy atom. The molecule has 33 heavy (non-hydrogen) atoms. The quantitative estimate of drug-likeness (QED) is 0.699. The molecule has 3 saturated heterocycles. The number of carboxylic acid groups (broad SMARTS) is 1. The number of piperidine rings is 1. The number of morpholine rings is 1. The van der Waals surface area contributed by atoms with Crippen LogP contribution in [-0.4, -0.2) is 104 Å². The number of aliphatic carboxylic acids is 1. The summed E-state index contributed by atoms with van der Waals surface area (Å²) in [6.45, 7) is 8.17. The first-order valence-corrected chi connectivity index (χ1v) is 12.1. The molecule has 2 atom stereocenters. The van der Waals surface area contributed by atoms with Crippen molar-refractivity contribution in [1.82, 2.24) is 14.7 Å². The second-order valence-electron chi connectivity index (χ2n) is 9.33. The van der Waals surface area contributed by atoms with E-state index in [1.54, 1.807) is 0 Å². The summed E-state index contributed by atoms with van der Waals surface area (Å²) in [5.41, 5.74) is 1.04. The van der Waals surface area contributed by atoms with Crippen LogP contribution >= 0.6 is 0 Å². The first-order valence-electron chi connectivity index (χ1n) is 12.1. The molecular formula is C24H35FN4O4. The average Bonchev–Trinajstić information content (AvgIpc) is 2.84. The molecule has 0 aromatic heterocycles. The van der Waals surface area contributed by atoms with E-state index in [-0.39, 0.29) is 30.1 Å². The normalized spacial score (nSPS) is 24.7. The van der Waals surface area contributed by atoms with Crippen molar-refractivity contribution in [3.63, 3.8) is 0 Å². The zero-order chi connectivity index (χ0) is 23.2. The number of halogens is 1. The number of ether oxygens (including phenoxy) is 1. The Hall–Kier alpha value is -2.39. The molecule has 0 saturated carbocycles. The lowest BCUT2D eigenvalue weighted by molar-refractivity contribution is -0.139. The summed E-state index contributed by atoms with van der Waals surface area (Å²) < 4.78 is 18.6. The Bertz CT molecular complexity index is 794. The van der Waals surface area contributed by atoms with Gasteiger partial charge in [0.2, 0.25) is 0 Å². The van der Waals surface area contributed by atoms with Gasteiger partial charge in [-0.3, -0.25) is 9.69 Å². The van der Waals surface area contributed by atoms with E-state index in [0.29, 0.717) is 39.4 Å². The van der Waals surface area contributed by atoms with Gasteiger partial charge < -0.3 is 24.5 Å². The molecule has 1 aromatic rings. The van der Waals surface area contributed by atoms with Gasteiger partial charge in [-0.2, -0.15) is 0 Å². The van der Waals surface area contributed by atoms with Gasteiger partial charge in [-0.15, -0.1) is 0 Å². The van der Waals surface area contributed by atoms with E-state index in [1.807, 2.05) is 21.9 Å². The third kappa shape index (κ3) is 6.35. The Labute approximate surface area is 194 Å². The molecule has 0 bridgehead atoms. The molecule has 3 fully saturated rings. The Morgan fingerprint density at radius 3 is 2.30 bits per heavy atom. The van der Waals surface area contributed by atoms with Crippen molar-refractivity contribution < 1.29 is 23.8 Å². The highest BCUT2D eigenvalue weighted by molar-refractivity contribution is 5.74. The summed E-state index contributed by atoms with van der Waals surface area (Å²) in [6.07, 6.45) is 1.80. The topological polar surface area (TPSA) is 76.6 Å². The molecule has 0 radical (unpaired) electrons. The summed E-state index contributed by atoms with van der Waals surface area (Å²) in [6, 6.07) is 6.70. The lowest BCUT2D eigenvalue weighted by Gasteiger charge is -2.42. The molecule has 2 unspecified atom stereocenters. The van der Waals surface area contributed by atoms with Crippen LogP contribution in [0.1, 0.15) is 19.3 Å². The van der Waals surface area contributed by atoms with E-state index in [4.69, 9.17) is 4.74 Å². The van der Waals surface area contributed by atoms with E-state index < -0.39 is 5.97 Å². The highest BCUT2D eigenvalue weighted by Gasteiger charge is 2.35. The van der Waals surface area contributed by atoms with E-state index in [1.165, 1.54) is 12.1 Å². The van der Waals surface area contributed by atoms with Crippen LogP contribution in [0.5, 0.6) is 0 Å². The molecule has 9 heteroatoms. The molecule has 4 rings (SSSR count). The molecule has 8 nitrogen and oxygen atoms in total. The van der Waals surface area contributed by atoms with Crippen molar-refractivity contribution in [3.05, 3.63) is 30.1 Å². The fourth-order valence-corrected chi connectivity index (χ4v) is 5.26. The molecule has 1 aromatic carbocycles. The number of likely N-dealkylation sites (tertiary alicyclic amines) is 1. The fourth-order valence-electron chi connectivity index (χ4n) is 5.26. The summed E-state index contributed by atoms with van der Waals surface area (Å²) in [5.74, 6) is -0.681. The van der Waals surface area contributed by atoms with Crippen LogP contribution in [0.25, 0.3) is 0 Å². The number of urea groups is 1. The largest absolute Gasteiger partial charge is 0.481 e. The van der Waals surface area contributed by atoms with Crippen molar-refractivity contribution in [2.45, 2.75) is 19.3 Å². The van der Waals surface area contributed by atoms with Crippen LogP contribution in [0.4, 0.5) is 14.9 Å². The monoisotopic (exact) mass is 462 g/mol. The van der Waals surface area contributed by atoms with E-state index in [0.717, 1.165) is 51.3 Å². The maximum Gasteiger partial charge on any atom is 0.320 e. The van der Waals surface area contributed by atoms with Crippen LogP contribution in [0.2, 0.25) is 0 Å². The predicted molar refractivity (Wildman–Crippen MR) is 123 cm³/mol. The first kappa shape index (κ1) is 23.8. The number of anilines is 1. The van der Waals surface area contributed by atoms with Crippen molar-refractivity contribution in [1.29, 1.82) is 0 Å². The number of piperazine rings is 1. The number of carboxylic acids is 1. The number of benzene rings is 1. The highest BCUT2D eigenvalue weighted by atomic mass is 19.1. The molecule has 2 amide bonds. The average molecular weight is 463 g/mol. The van der Waals surface area contributed by atoms with Gasteiger partial charge in [0.25, 0.3) is 0 Å². The van der Waals surface area contributed by atoms with Crippen LogP contribution in [0, 0.1) is 17.7 Å². The summed E-state index contributed by atoms with van der Waals surface area (Å²) in [4.78, 5) is 32.9. The Kier molecular flexibility index (Phi) is 8.03. The summed E-state index contributed by atoms with van der Waals surface area (Å²) in [5, 5.41) is 9.39. The van der Waals surface area contributed by atoms with Crippen molar-refractivity contribution in [2.24, 2.45) is 11.8 Å².